The lowest BCUT2D eigenvalue weighted by Gasteiger charge is -2.05. The summed E-state index contributed by atoms with van der Waals surface area (Å²) in [4.78, 5) is 16.4. The van der Waals surface area contributed by atoms with Crippen molar-refractivity contribution in [2.24, 2.45) is 0 Å². The fourth-order valence-electron chi connectivity index (χ4n) is 2.75. The van der Waals surface area contributed by atoms with Crippen LogP contribution in [-0.4, -0.2) is 26.2 Å². The topological polar surface area (TPSA) is 93.8 Å². The van der Waals surface area contributed by atoms with E-state index in [1.54, 1.807) is 19.1 Å². The molecular weight excluding hydrogens is 381 g/mol. The summed E-state index contributed by atoms with van der Waals surface area (Å²) >= 11 is 1.41. The first-order chi connectivity index (χ1) is 13.5. The highest BCUT2D eigenvalue weighted by Gasteiger charge is 2.16. The number of carbonyl (C=O) groups excluding carboxylic acids is 1. The average molecular weight is 403 g/mol. The Hall–Kier alpha value is -2.68. The standard InChI is InChI=1S/C19H22FN5O2S/c1-4-12(5-2)18-23-24-19(28-18)21-15(26)8-9-16-22-17(25-27-16)13-6-7-14(20)11(3)10-13/h6-7,10,12H,4-5,8-9H2,1-3H3,(H,21,24,26). The Morgan fingerprint density at radius 2 is 2.07 bits per heavy atom. The zero-order valence-electron chi connectivity index (χ0n) is 16.0. The SMILES string of the molecule is CCC(CC)c1nnc(NC(=O)CCc2nc(-c3ccc(F)c(C)c3)no2)s1. The second kappa shape index (κ2) is 9.01. The number of nitrogens with one attached hydrogen (secondary N) is 1. The first-order valence-electron chi connectivity index (χ1n) is 9.22. The molecule has 1 N–H and O–H groups in total. The van der Waals surface area contributed by atoms with E-state index in [-0.39, 0.29) is 18.1 Å². The van der Waals surface area contributed by atoms with Crippen LogP contribution in [0.2, 0.25) is 0 Å². The minimum Gasteiger partial charge on any atom is -0.339 e. The quantitative estimate of drug-likeness (QED) is 0.595. The molecule has 0 bridgehead atoms. The first-order valence-corrected chi connectivity index (χ1v) is 10.0. The van der Waals surface area contributed by atoms with Gasteiger partial charge in [-0.25, -0.2) is 4.39 Å². The molecule has 0 spiro atoms. The van der Waals surface area contributed by atoms with Gasteiger partial charge in [0.1, 0.15) is 10.8 Å². The van der Waals surface area contributed by atoms with Gasteiger partial charge in [-0.2, -0.15) is 4.98 Å². The lowest BCUT2D eigenvalue weighted by atomic mass is 10.1. The van der Waals surface area contributed by atoms with Gasteiger partial charge in [-0.15, -0.1) is 10.2 Å². The lowest BCUT2D eigenvalue weighted by Crippen LogP contribution is -2.12. The number of aromatic nitrogens is 4. The molecule has 0 aliphatic rings. The number of aryl methyl sites for hydroxylation is 2. The van der Waals surface area contributed by atoms with E-state index in [4.69, 9.17) is 4.52 Å². The Balaban J connectivity index is 1.55. The van der Waals surface area contributed by atoms with Crippen molar-refractivity contribution in [3.63, 3.8) is 0 Å². The molecular formula is C19H22FN5O2S. The van der Waals surface area contributed by atoms with E-state index in [0.717, 1.165) is 17.8 Å². The van der Waals surface area contributed by atoms with Gasteiger partial charge in [-0.3, -0.25) is 4.79 Å². The maximum atomic E-state index is 13.4. The summed E-state index contributed by atoms with van der Waals surface area (Å²) in [6, 6.07) is 4.62. The van der Waals surface area contributed by atoms with Crippen LogP contribution < -0.4 is 5.32 Å². The number of hydrogen-bond donors (Lipinski definition) is 1. The molecule has 0 atom stereocenters. The average Bonchev–Trinajstić information content (AvgIpc) is 3.33. The van der Waals surface area contributed by atoms with Crippen LogP contribution >= 0.6 is 11.3 Å². The molecule has 0 unspecified atom stereocenters. The van der Waals surface area contributed by atoms with Crippen LogP contribution in [0.15, 0.2) is 22.7 Å². The van der Waals surface area contributed by atoms with Crippen LogP contribution in [0.25, 0.3) is 11.4 Å². The van der Waals surface area contributed by atoms with Gasteiger partial charge in [0.05, 0.1) is 0 Å². The molecule has 0 saturated carbocycles. The second-order valence-electron chi connectivity index (χ2n) is 6.48. The number of nitrogens with zero attached hydrogens (tertiary/aromatic N) is 4. The number of anilines is 1. The van der Waals surface area contributed by atoms with E-state index < -0.39 is 0 Å². The molecule has 1 amide bonds. The minimum absolute atomic E-state index is 0.185. The molecule has 9 heteroatoms. The molecule has 0 aliphatic carbocycles. The van der Waals surface area contributed by atoms with Gasteiger partial charge < -0.3 is 9.84 Å². The van der Waals surface area contributed by atoms with Crippen molar-refractivity contribution in [1.82, 2.24) is 20.3 Å². The number of halogens is 1. The fraction of sp³-hybridized carbons (Fsp3) is 0.421. The molecule has 0 radical (unpaired) electrons. The molecule has 3 aromatic rings. The second-order valence-corrected chi connectivity index (χ2v) is 7.49. The number of benzene rings is 1. The van der Waals surface area contributed by atoms with E-state index in [1.807, 2.05) is 0 Å². The van der Waals surface area contributed by atoms with Gasteiger partial charge >= 0.3 is 0 Å². The molecule has 3 rings (SSSR count). The summed E-state index contributed by atoms with van der Waals surface area (Å²) in [5.74, 6) is 0.618. The van der Waals surface area contributed by atoms with Crippen molar-refractivity contribution < 1.29 is 13.7 Å². The predicted octanol–water partition coefficient (Wildman–Crippen LogP) is 4.51. The summed E-state index contributed by atoms with van der Waals surface area (Å²) in [5.41, 5.74) is 1.18. The molecule has 0 fully saturated rings. The van der Waals surface area contributed by atoms with Gasteiger partial charge in [0.25, 0.3) is 0 Å². The van der Waals surface area contributed by atoms with Crippen LogP contribution in [0.1, 0.15) is 55.5 Å². The maximum absolute atomic E-state index is 13.4. The Kier molecular flexibility index (Phi) is 6.45. The number of carbonyl (C=O) groups is 1. The maximum Gasteiger partial charge on any atom is 0.227 e. The van der Waals surface area contributed by atoms with Crippen LogP contribution in [0, 0.1) is 12.7 Å². The number of rotatable bonds is 8. The van der Waals surface area contributed by atoms with Crippen LogP contribution in [0.4, 0.5) is 9.52 Å². The lowest BCUT2D eigenvalue weighted by molar-refractivity contribution is -0.116. The third-order valence-electron chi connectivity index (χ3n) is 4.47. The zero-order valence-corrected chi connectivity index (χ0v) is 16.8. The van der Waals surface area contributed by atoms with E-state index in [1.165, 1.54) is 17.4 Å². The van der Waals surface area contributed by atoms with Gasteiger partial charge in [0, 0.05) is 24.3 Å². The van der Waals surface area contributed by atoms with E-state index in [0.29, 0.717) is 40.3 Å². The normalized spacial score (nSPS) is 11.2. The largest absolute Gasteiger partial charge is 0.339 e. The molecule has 7 nitrogen and oxygen atoms in total. The number of amides is 1. The summed E-state index contributed by atoms with van der Waals surface area (Å²) in [7, 11) is 0. The molecule has 0 aliphatic heterocycles. The summed E-state index contributed by atoms with van der Waals surface area (Å²) in [6.45, 7) is 5.89. The molecule has 2 heterocycles. The number of hydrogen-bond acceptors (Lipinski definition) is 7. The van der Waals surface area contributed by atoms with Crippen molar-refractivity contribution in [1.29, 1.82) is 0 Å². The van der Waals surface area contributed by atoms with Crippen LogP contribution in [0.3, 0.4) is 0 Å². The van der Waals surface area contributed by atoms with Crippen molar-refractivity contribution in [2.45, 2.75) is 52.4 Å². The predicted molar refractivity (Wildman–Crippen MR) is 105 cm³/mol. The molecule has 28 heavy (non-hydrogen) atoms. The smallest absolute Gasteiger partial charge is 0.227 e. The highest BCUT2D eigenvalue weighted by Crippen LogP contribution is 2.28. The van der Waals surface area contributed by atoms with Gasteiger partial charge in [0.15, 0.2) is 0 Å². The molecule has 2 aromatic heterocycles. The van der Waals surface area contributed by atoms with E-state index in [9.17, 15) is 9.18 Å². The summed E-state index contributed by atoms with van der Waals surface area (Å²) in [5, 5.41) is 16.3. The molecule has 0 saturated heterocycles. The Morgan fingerprint density at radius 1 is 1.29 bits per heavy atom. The van der Waals surface area contributed by atoms with Crippen LogP contribution in [0.5, 0.6) is 0 Å². The third kappa shape index (κ3) is 4.78. The third-order valence-corrected chi connectivity index (χ3v) is 5.47. The van der Waals surface area contributed by atoms with Crippen LogP contribution in [-0.2, 0) is 11.2 Å². The van der Waals surface area contributed by atoms with Gasteiger partial charge in [-0.05, 0) is 43.5 Å². The highest BCUT2D eigenvalue weighted by atomic mass is 32.1. The highest BCUT2D eigenvalue weighted by molar-refractivity contribution is 7.15. The van der Waals surface area contributed by atoms with Gasteiger partial charge in [0.2, 0.25) is 22.8 Å². The minimum atomic E-state index is -0.284. The molecule has 148 valence electrons. The van der Waals surface area contributed by atoms with E-state index >= 15 is 0 Å². The van der Waals surface area contributed by atoms with E-state index in [2.05, 4.69) is 39.5 Å². The first kappa shape index (κ1) is 20.1. The zero-order chi connectivity index (χ0) is 20.1. The monoisotopic (exact) mass is 403 g/mol. The molecule has 1 aromatic carbocycles. The summed E-state index contributed by atoms with van der Waals surface area (Å²) < 4.78 is 18.6. The summed E-state index contributed by atoms with van der Waals surface area (Å²) in [6.07, 6.45) is 2.47. The van der Waals surface area contributed by atoms with Crippen molar-refractivity contribution in [3.05, 3.63) is 40.5 Å². The Bertz CT molecular complexity index is 951. The Labute approximate surface area is 166 Å². The van der Waals surface area contributed by atoms with Gasteiger partial charge in [-0.1, -0.05) is 30.3 Å². The van der Waals surface area contributed by atoms with Crippen molar-refractivity contribution in [3.8, 4) is 11.4 Å². The fourth-order valence-corrected chi connectivity index (χ4v) is 3.77. The van der Waals surface area contributed by atoms with Crippen molar-refractivity contribution >= 4 is 22.4 Å². The Morgan fingerprint density at radius 3 is 2.79 bits per heavy atom. The van der Waals surface area contributed by atoms with Crippen molar-refractivity contribution in [2.75, 3.05) is 5.32 Å².